The Kier molecular flexibility index (Phi) is 5.23. The molecule has 0 spiro atoms. The highest BCUT2D eigenvalue weighted by Gasteiger charge is 2.22. The molecule has 0 bridgehead atoms. The van der Waals surface area contributed by atoms with Crippen molar-refractivity contribution in [1.82, 2.24) is 10.2 Å². The lowest BCUT2D eigenvalue weighted by Gasteiger charge is -2.14. The van der Waals surface area contributed by atoms with E-state index in [1.807, 2.05) is 0 Å². The van der Waals surface area contributed by atoms with Crippen LogP contribution >= 0.6 is 11.8 Å². The summed E-state index contributed by atoms with van der Waals surface area (Å²) in [6.07, 6.45) is 0. The molecular weight excluding hydrogens is 283 g/mol. The lowest BCUT2D eigenvalue weighted by atomic mass is 10.3. The molecule has 1 saturated heterocycles. The maximum Gasteiger partial charge on any atom is 0.282 e. The molecule has 0 unspecified atom stereocenters. The van der Waals surface area contributed by atoms with Crippen LogP contribution in [0.5, 0.6) is 5.75 Å². The monoisotopic (exact) mass is 298 g/mol. The molecular formula is C13H15FN2O3S. The number of benzene rings is 1. The molecule has 1 heterocycles. The molecule has 1 N–H and O–H groups in total. The molecule has 1 aliphatic heterocycles. The van der Waals surface area contributed by atoms with E-state index >= 15 is 0 Å². The van der Waals surface area contributed by atoms with Crippen molar-refractivity contribution in [3.63, 3.8) is 0 Å². The second kappa shape index (κ2) is 7.14. The van der Waals surface area contributed by atoms with Gasteiger partial charge in [0.2, 0.25) is 5.91 Å². The van der Waals surface area contributed by atoms with E-state index in [1.54, 1.807) is 12.1 Å². The zero-order chi connectivity index (χ0) is 14.4. The minimum atomic E-state index is -0.432. The molecule has 0 saturated carbocycles. The Bertz CT molecular complexity index is 498. The zero-order valence-electron chi connectivity index (χ0n) is 10.8. The van der Waals surface area contributed by atoms with Gasteiger partial charge in [-0.2, -0.15) is 0 Å². The average Bonchev–Trinajstić information content (AvgIpc) is 2.82. The van der Waals surface area contributed by atoms with Gasteiger partial charge in [0.1, 0.15) is 13.2 Å². The zero-order valence-corrected chi connectivity index (χ0v) is 11.6. The summed E-state index contributed by atoms with van der Waals surface area (Å²) < 4.78 is 18.4. The van der Waals surface area contributed by atoms with Gasteiger partial charge in [-0.1, -0.05) is 23.9 Å². The number of carbonyl (C=O) groups is 2. The van der Waals surface area contributed by atoms with Crippen LogP contribution in [0, 0.1) is 5.82 Å². The fraction of sp³-hybridized carbons (Fsp3) is 0.385. The van der Waals surface area contributed by atoms with Gasteiger partial charge >= 0.3 is 0 Å². The predicted octanol–water partition coefficient (Wildman–Crippen LogP) is 1.49. The van der Waals surface area contributed by atoms with Gasteiger partial charge in [0.15, 0.2) is 11.6 Å². The van der Waals surface area contributed by atoms with Crippen LogP contribution in [0.4, 0.5) is 9.18 Å². The molecule has 1 aliphatic rings. The van der Waals surface area contributed by atoms with E-state index in [2.05, 4.69) is 5.32 Å². The summed E-state index contributed by atoms with van der Waals surface area (Å²) in [7, 11) is 0. The van der Waals surface area contributed by atoms with Crippen LogP contribution in [0.25, 0.3) is 0 Å². The van der Waals surface area contributed by atoms with Crippen LogP contribution in [-0.2, 0) is 4.79 Å². The lowest BCUT2D eigenvalue weighted by Crippen LogP contribution is -2.38. The minimum absolute atomic E-state index is 0.0610. The Morgan fingerprint density at radius 1 is 1.45 bits per heavy atom. The van der Waals surface area contributed by atoms with Crippen LogP contribution in [0.1, 0.15) is 0 Å². The van der Waals surface area contributed by atoms with E-state index in [9.17, 15) is 14.0 Å². The SMILES string of the molecule is O=C(CN1CCSC1=O)NCCOc1ccccc1F. The number of halogens is 1. The number of nitrogens with zero attached hydrogens (tertiary/aromatic N) is 1. The van der Waals surface area contributed by atoms with Gasteiger partial charge in [0.25, 0.3) is 5.24 Å². The number of thioether (sulfide) groups is 1. The summed E-state index contributed by atoms with van der Waals surface area (Å²) in [5.74, 6) is 0.215. The van der Waals surface area contributed by atoms with Gasteiger partial charge in [0.05, 0.1) is 6.54 Å². The van der Waals surface area contributed by atoms with Gasteiger partial charge in [0, 0.05) is 12.3 Å². The summed E-state index contributed by atoms with van der Waals surface area (Å²) in [5, 5.41) is 2.56. The summed E-state index contributed by atoms with van der Waals surface area (Å²) in [6, 6.07) is 6.09. The fourth-order valence-corrected chi connectivity index (χ4v) is 2.54. The third kappa shape index (κ3) is 4.12. The van der Waals surface area contributed by atoms with Crippen molar-refractivity contribution in [3.05, 3.63) is 30.1 Å². The summed E-state index contributed by atoms with van der Waals surface area (Å²) in [6.45, 7) is 1.10. The average molecular weight is 298 g/mol. The maximum atomic E-state index is 13.2. The first-order valence-corrected chi connectivity index (χ1v) is 7.21. The van der Waals surface area contributed by atoms with Crippen molar-refractivity contribution in [1.29, 1.82) is 0 Å². The number of rotatable bonds is 6. The normalized spacial score (nSPS) is 14.4. The highest BCUT2D eigenvalue weighted by Crippen LogP contribution is 2.16. The number of hydrogen-bond acceptors (Lipinski definition) is 4. The van der Waals surface area contributed by atoms with Crippen molar-refractivity contribution in [2.45, 2.75) is 0 Å². The van der Waals surface area contributed by atoms with Crippen LogP contribution in [-0.4, -0.2) is 48.0 Å². The molecule has 1 aromatic rings. The molecule has 0 aliphatic carbocycles. The van der Waals surface area contributed by atoms with Gasteiger partial charge in [-0.3, -0.25) is 9.59 Å². The quantitative estimate of drug-likeness (QED) is 0.808. The Morgan fingerprint density at radius 3 is 2.95 bits per heavy atom. The first-order chi connectivity index (χ1) is 9.66. The molecule has 2 rings (SSSR count). The fourth-order valence-electron chi connectivity index (χ4n) is 1.71. The standard InChI is InChI=1S/C13H15FN2O3S/c14-10-3-1-2-4-11(10)19-7-5-15-12(17)9-16-6-8-20-13(16)18/h1-4H,5-9H2,(H,15,17). The highest BCUT2D eigenvalue weighted by molar-refractivity contribution is 8.13. The van der Waals surface area contributed by atoms with Crippen molar-refractivity contribution in [2.24, 2.45) is 0 Å². The Labute approximate surface area is 120 Å². The minimum Gasteiger partial charge on any atom is -0.489 e. The van der Waals surface area contributed by atoms with E-state index in [4.69, 9.17) is 4.74 Å². The Balaban J connectivity index is 1.64. The smallest absolute Gasteiger partial charge is 0.282 e. The lowest BCUT2D eigenvalue weighted by molar-refractivity contribution is -0.121. The predicted molar refractivity (Wildman–Crippen MR) is 74.3 cm³/mol. The third-order valence-electron chi connectivity index (χ3n) is 2.70. The van der Waals surface area contributed by atoms with Crippen LogP contribution in [0.15, 0.2) is 24.3 Å². The number of hydrogen-bond donors (Lipinski definition) is 1. The van der Waals surface area contributed by atoms with Crippen molar-refractivity contribution < 1.29 is 18.7 Å². The number of amides is 2. The number of para-hydroxylation sites is 1. The first-order valence-electron chi connectivity index (χ1n) is 6.22. The molecule has 5 nitrogen and oxygen atoms in total. The highest BCUT2D eigenvalue weighted by atomic mass is 32.2. The number of nitrogens with one attached hydrogen (secondary N) is 1. The van der Waals surface area contributed by atoms with Gasteiger partial charge < -0.3 is 15.0 Å². The van der Waals surface area contributed by atoms with Crippen molar-refractivity contribution in [3.8, 4) is 5.75 Å². The van der Waals surface area contributed by atoms with Crippen LogP contribution < -0.4 is 10.1 Å². The number of ether oxygens (including phenoxy) is 1. The molecule has 1 fully saturated rings. The van der Waals surface area contributed by atoms with Gasteiger partial charge in [-0.15, -0.1) is 0 Å². The van der Waals surface area contributed by atoms with Crippen LogP contribution in [0.3, 0.4) is 0 Å². The molecule has 0 atom stereocenters. The molecule has 1 aromatic carbocycles. The van der Waals surface area contributed by atoms with E-state index in [0.29, 0.717) is 6.54 Å². The van der Waals surface area contributed by atoms with E-state index in [-0.39, 0.29) is 36.6 Å². The Morgan fingerprint density at radius 2 is 2.25 bits per heavy atom. The topological polar surface area (TPSA) is 58.6 Å². The van der Waals surface area contributed by atoms with Gasteiger partial charge in [-0.25, -0.2) is 4.39 Å². The van der Waals surface area contributed by atoms with Crippen molar-refractivity contribution in [2.75, 3.05) is 32.0 Å². The molecule has 0 radical (unpaired) electrons. The second-order valence-electron chi connectivity index (χ2n) is 4.16. The van der Waals surface area contributed by atoms with Crippen LogP contribution in [0.2, 0.25) is 0 Å². The molecule has 0 aromatic heterocycles. The maximum absolute atomic E-state index is 13.2. The molecule has 2 amide bonds. The molecule has 108 valence electrons. The molecule has 20 heavy (non-hydrogen) atoms. The van der Waals surface area contributed by atoms with E-state index in [1.165, 1.54) is 28.8 Å². The number of carbonyl (C=O) groups excluding carboxylic acids is 2. The van der Waals surface area contributed by atoms with Crippen molar-refractivity contribution >= 4 is 22.9 Å². The third-order valence-corrected chi connectivity index (χ3v) is 3.59. The summed E-state index contributed by atoms with van der Waals surface area (Å²) >= 11 is 1.22. The molecule has 7 heteroatoms. The largest absolute Gasteiger partial charge is 0.489 e. The van der Waals surface area contributed by atoms with E-state index < -0.39 is 5.82 Å². The van der Waals surface area contributed by atoms with Gasteiger partial charge in [-0.05, 0) is 12.1 Å². The van der Waals surface area contributed by atoms with E-state index in [0.717, 1.165) is 5.75 Å². The Hall–Kier alpha value is -1.76. The summed E-state index contributed by atoms with van der Waals surface area (Å²) in [5.41, 5.74) is 0. The summed E-state index contributed by atoms with van der Waals surface area (Å²) in [4.78, 5) is 24.4. The first kappa shape index (κ1) is 14.6. The second-order valence-corrected chi connectivity index (χ2v) is 5.21.